The number of rotatable bonds is 9. The van der Waals surface area contributed by atoms with Gasteiger partial charge < -0.3 is 15.0 Å². The van der Waals surface area contributed by atoms with E-state index in [0.29, 0.717) is 6.61 Å². The third kappa shape index (κ3) is 6.04. The molecule has 1 rings (SSSR count). The van der Waals surface area contributed by atoms with Crippen molar-refractivity contribution in [3.63, 3.8) is 0 Å². The molecule has 0 radical (unpaired) electrons. The second-order valence-electron chi connectivity index (χ2n) is 6.20. The molecule has 20 heavy (non-hydrogen) atoms. The largest absolute Gasteiger partial charge is 0.375 e. The van der Waals surface area contributed by atoms with E-state index in [-0.39, 0.29) is 5.54 Å². The van der Waals surface area contributed by atoms with Crippen LogP contribution in [0.2, 0.25) is 0 Å². The van der Waals surface area contributed by atoms with Crippen LogP contribution in [-0.2, 0) is 17.9 Å². The van der Waals surface area contributed by atoms with Gasteiger partial charge >= 0.3 is 0 Å². The average Bonchev–Trinajstić information content (AvgIpc) is 2.39. The maximum absolute atomic E-state index is 5.86. The van der Waals surface area contributed by atoms with E-state index in [1.54, 1.807) is 0 Å². The van der Waals surface area contributed by atoms with Gasteiger partial charge in [-0.2, -0.15) is 0 Å². The van der Waals surface area contributed by atoms with Gasteiger partial charge in [-0.3, -0.25) is 0 Å². The molecular weight excluding hydrogens is 248 g/mol. The molecule has 1 aromatic carbocycles. The zero-order valence-electron chi connectivity index (χ0n) is 13.7. The van der Waals surface area contributed by atoms with Gasteiger partial charge in [0.2, 0.25) is 0 Å². The zero-order chi connectivity index (χ0) is 15.0. The molecule has 0 atom stereocenters. The molecule has 1 N–H and O–H groups in total. The van der Waals surface area contributed by atoms with Crippen molar-refractivity contribution in [3.8, 4) is 0 Å². The minimum absolute atomic E-state index is 0.0697. The highest BCUT2D eigenvalue weighted by Gasteiger charge is 2.20. The van der Waals surface area contributed by atoms with Crippen LogP contribution in [0.25, 0.3) is 0 Å². The monoisotopic (exact) mass is 278 g/mol. The van der Waals surface area contributed by atoms with Crippen molar-refractivity contribution in [3.05, 3.63) is 35.4 Å². The Kier molecular flexibility index (Phi) is 7.20. The van der Waals surface area contributed by atoms with E-state index in [4.69, 9.17) is 4.74 Å². The fourth-order valence-electron chi connectivity index (χ4n) is 1.79. The molecule has 0 unspecified atom stereocenters. The van der Waals surface area contributed by atoms with Gasteiger partial charge in [0.05, 0.1) is 13.2 Å². The SMILES string of the molecule is CCCNCc1cccc(COCC(C)(C)N(C)C)c1. The molecule has 0 aliphatic rings. The molecule has 114 valence electrons. The van der Waals surface area contributed by atoms with Crippen molar-refractivity contribution in [2.75, 3.05) is 27.2 Å². The van der Waals surface area contributed by atoms with Crippen LogP contribution in [0.4, 0.5) is 0 Å². The lowest BCUT2D eigenvalue weighted by atomic mass is 10.1. The summed E-state index contributed by atoms with van der Waals surface area (Å²) in [6.45, 7) is 9.99. The van der Waals surface area contributed by atoms with Gasteiger partial charge in [0.15, 0.2) is 0 Å². The quantitative estimate of drug-likeness (QED) is 0.703. The number of ether oxygens (including phenoxy) is 1. The van der Waals surface area contributed by atoms with Gasteiger partial charge in [-0.05, 0) is 52.0 Å². The van der Waals surface area contributed by atoms with E-state index in [2.05, 4.69) is 69.3 Å². The minimum atomic E-state index is 0.0697. The standard InChI is InChI=1S/C17H30N2O/c1-6-10-18-12-15-8-7-9-16(11-15)13-20-14-17(2,3)19(4)5/h7-9,11,18H,6,10,12-14H2,1-5H3. The first-order chi connectivity index (χ1) is 9.45. The van der Waals surface area contributed by atoms with E-state index >= 15 is 0 Å². The molecule has 0 heterocycles. The molecule has 0 aliphatic carbocycles. The van der Waals surface area contributed by atoms with Gasteiger partial charge in [-0.1, -0.05) is 31.2 Å². The number of hydrogen-bond donors (Lipinski definition) is 1. The normalized spacial score (nSPS) is 12.1. The number of likely N-dealkylation sites (N-methyl/N-ethyl adjacent to an activating group) is 1. The predicted octanol–water partition coefficient (Wildman–Crippen LogP) is 3.04. The third-order valence-corrected chi connectivity index (χ3v) is 3.68. The number of nitrogens with zero attached hydrogens (tertiary/aromatic N) is 1. The van der Waals surface area contributed by atoms with Crippen molar-refractivity contribution in [1.29, 1.82) is 0 Å². The molecule has 1 aromatic rings. The first-order valence-electron chi connectivity index (χ1n) is 7.49. The second-order valence-corrected chi connectivity index (χ2v) is 6.20. The highest BCUT2D eigenvalue weighted by Crippen LogP contribution is 2.12. The topological polar surface area (TPSA) is 24.5 Å². The van der Waals surface area contributed by atoms with E-state index in [0.717, 1.165) is 19.7 Å². The summed E-state index contributed by atoms with van der Waals surface area (Å²) in [5.74, 6) is 0. The maximum Gasteiger partial charge on any atom is 0.0717 e. The van der Waals surface area contributed by atoms with Crippen molar-refractivity contribution < 1.29 is 4.74 Å². The highest BCUT2D eigenvalue weighted by molar-refractivity contribution is 5.22. The summed E-state index contributed by atoms with van der Waals surface area (Å²) in [4.78, 5) is 2.19. The van der Waals surface area contributed by atoms with Gasteiger partial charge in [0, 0.05) is 12.1 Å². The van der Waals surface area contributed by atoms with E-state index in [1.807, 2.05) is 0 Å². The van der Waals surface area contributed by atoms with E-state index in [9.17, 15) is 0 Å². The molecular formula is C17H30N2O. The second kappa shape index (κ2) is 8.40. The van der Waals surface area contributed by atoms with Gasteiger partial charge in [0.25, 0.3) is 0 Å². The Morgan fingerprint density at radius 2 is 1.90 bits per heavy atom. The van der Waals surface area contributed by atoms with Crippen molar-refractivity contribution in [2.45, 2.75) is 45.9 Å². The average molecular weight is 278 g/mol. The van der Waals surface area contributed by atoms with Crippen LogP contribution in [0.3, 0.4) is 0 Å². The molecule has 0 saturated heterocycles. The number of nitrogens with one attached hydrogen (secondary N) is 1. The van der Waals surface area contributed by atoms with Gasteiger partial charge in [0.1, 0.15) is 0 Å². The number of benzene rings is 1. The summed E-state index contributed by atoms with van der Waals surface area (Å²) >= 11 is 0. The van der Waals surface area contributed by atoms with Crippen LogP contribution in [0.1, 0.15) is 38.3 Å². The Hall–Kier alpha value is -0.900. The molecule has 0 amide bonds. The fraction of sp³-hybridized carbons (Fsp3) is 0.647. The Morgan fingerprint density at radius 3 is 2.55 bits per heavy atom. The van der Waals surface area contributed by atoms with Crippen LogP contribution < -0.4 is 5.32 Å². The summed E-state index contributed by atoms with van der Waals surface area (Å²) in [5.41, 5.74) is 2.64. The zero-order valence-corrected chi connectivity index (χ0v) is 13.7. The van der Waals surface area contributed by atoms with E-state index < -0.39 is 0 Å². The van der Waals surface area contributed by atoms with Crippen LogP contribution in [0, 0.1) is 0 Å². The molecule has 3 heteroatoms. The van der Waals surface area contributed by atoms with Crippen LogP contribution in [0.5, 0.6) is 0 Å². The number of hydrogen-bond acceptors (Lipinski definition) is 3. The molecule has 0 fully saturated rings. The van der Waals surface area contributed by atoms with Gasteiger partial charge in [-0.25, -0.2) is 0 Å². The van der Waals surface area contributed by atoms with Crippen LogP contribution in [-0.4, -0.2) is 37.7 Å². The fourth-order valence-corrected chi connectivity index (χ4v) is 1.79. The summed E-state index contributed by atoms with van der Waals surface area (Å²) in [5, 5.41) is 3.43. The Morgan fingerprint density at radius 1 is 1.20 bits per heavy atom. The molecule has 0 spiro atoms. The van der Waals surface area contributed by atoms with Crippen molar-refractivity contribution in [1.82, 2.24) is 10.2 Å². The Bertz CT molecular complexity index is 388. The third-order valence-electron chi connectivity index (χ3n) is 3.68. The molecule has 0 bridgehead atoms. The lowest BCUT2D eigenvalue weighted by Crippen LogP contribution is -2.42. The molecule has 0 aromatic heterocycles. The van der Waals surface area contributed by atoms with E-state index in [1.165, 1.54) is 17.5 Å². The van der Waals surface area contributed by atoms with Crippen LogP contribution in [0.15, 0.2) is 24.3 Å². The molecule has 3 nitrogen and oxygen atoms in total. The highest BCUT2D eigenvalue weighted by atomic mass is 16.5. The maximum atomic E-state index is 5.86. The van der Waals surface area contributed by atoms with Crippen molar-refractivity contribution >= 4 is 0 Å². The van der Waals surface area contributed by atoms with Crippen LogP contribution >= 0.6 is 0 Å². The Labute approximate surface area is 124 Å². The Balaban J connectivity index is 2.42. The minimum Gasteiger partial charge on any atom is -0.375 e. The first-order valence-corrected chi connectivity index (χ1v) is 7.49. The first kappa shape index (κ1) is 17.2. The summed E-state index contributed by atoms with van der Waals surface area (Å²) in [6, 6.07) is 8.63. The smallest absolute Gasteiger partial charge is 0.0717 e. The lowest BCUT2D eigenvalue weighted by molar-refractivity contribution is 0.0274. The summed E-state index contributed by atoms with van der Waals surface area (Å²) in [7, 11) is 4.17. The summed E-state index contributed by atoms with van der Waals surface area (Å²) in [6.07, 6.45) is 1.17. The summed E-state index contributed by atoms with van der Waals surface area (Å²) < 4.78 is 5.86. The molecule has 0 aliphatic heterocycles. The predicted molar refractivity (Wildman–Crippen MR) is 85.9 cm³/mol. The van der Waals surface area contributed by atoms with Gasteiger partial charge in [-0.15, -0.1) is 0 Å². The molecule has 0 saturated carbocycles. The lowest BCUT2D eigenvalue weighted by Gasteiger charge is -2.32. The van der Waals surface area contributed by atoms with Crippen molar-refractivity contribution in [2.24, 2.45) is 0 Å².